The maximum absolute atomic E-state index is 13.2. The molecule has 0 amide bonds. The molecule has 1 atom stereocenters. The number of imidazole rings is 1. The average molecular weight is 395 g/mol. The summed E-state index contributed by atoms with van der Waals surface area (Å²) >= 11 is 0. The summed E-state index contributed by atoms with van der Waals surface area (Å²) < 4.78 is 42.4. The predicted molar refractivity (Wildman–Crippen MR) is 102 cm³/mol. The number of nitrogens with zero attached hydrogens (tertiary/aromatic N) is 4. The van der Waals surface area contributed by atoms with Crippen molar-refractivity contribution in [2.75, 3.05) is 19.6 Å². The Bertz CT molecular complexity index is 864. The Morgan fingerprint density at radius 2 is 1.93 bits per heavy atom. The largest absolute Gasteiger partial charge is 0.339 e. The van der Waals surface area contributed by atoms with Gasteiger partial charge >= 0.3 is 0 Å². The highest BCUT2D eigenvalue weighted by molar-refractivity contribution is 7.89. The van der Waals surface area contributed by atoms with Crippen LogP contribution in [0.25, 0.3) is 0 Å². The maximum atomic E-state index is 13.2. The lowest BCUT2D eigenvalue weighted by Gasteiger charge is -2.34. The summed E-state index contributed by atoms with van der Waals surface area (Å²) in [7, 11) is -1.85. The molecule has 0 spiro atoms. The van der Waals surface area contributed by atoms with Crippen LogP contribution in [0.15, 0.2) is 41.8 Å². The van der Waals surface area contributed by atoms with Crippen molar-refractivity contribution < 1.29 is 12.8 Å². The number of aryl methyl sites for hydroxylation is 1. The number of benzene rings is 1. The van der Waals surface area contributed by atoms with E-state index in [-0.39, 0.29) is 22.8 Å². The van der Waals surface area contributed by atoms with E-state index in [0.717, 1.165) is 18.5 Å². The van der Waals surface area contributed by atoms with Gasteiger partial charge in [-0.05, 0) is 30.0 Å². The van der Waals surface area contributed by atoms with Gasteiger partial charge in [0, 0.05) is 45.5 Å². The quantitative estimate of drug-likeness (QED) is 0.782. The fourth-order valence-electron chi connectivity index (χ4n) is 3.56. The first-order valence-corrected chi connectivity index (χ1v) is 10.7. The fourth-order valence-corrected chi connectivity index (χ4v) is 5.02. The van der Waals surface area contributed by atoms with Crippen LogP contribution in [0.1, 0.15) is 25.8 Å². The van der Waals surface area contributed by atoms with E-state index < -0.39 is 10.0 Å². The molecule has 0 saturated carbocycles. The van der Waals surface area contributed by atoms with E-state index in [1.165, 1.54) is 18.5 Å². The molecule has 1 aromatic carbocycles. The molecule has 8 heteroatoms. The van der Waals surface area contributed by atoms with Gasteiger partial charge in [0.1, 0.15) is 5.82 Å². The van der Waals surface area contributed by atoms with Gasteiger partial charge in [0.15, 0.2) is 5.03 Å². The minimum absolute atomic E-state index is 0.0797. The predicted octanol–water partition coefficient (Wildman–Crippen LogP) is 2.48. The van der Waals surface area contributed by atoms with Gasteiger partial charge in [-0.25, -0.2) is 17.8 Å². The van der Waals surface area contributed by atoms with E-state index in [2.05, 4.69) is 23.7 Å². The summed E-state index contributed by atoms with van der Waals surface area (Å²) in [6.45, 7) is 6.60. The van der Waals surface area contributed by atoms with Crippen LogP contribution in [0.3, 0.4) is 0 Å². The third-order valence-electron chi connectivity index (χ3n) is 5.07. The standard InChI is InChI=1S/C19H27FN4O2S/c1-15(2)18-12-24(27(25,26)19-13-22(3)14-21-19)10-4-9-23(18)11-16-5-7-17(20)8-6-16/h5-8,13-15,18H,4,9-12H2,1-3H3/t18-/m0/s1. The summed E-state index contributed by atoms with van der Waals surface area (Å²) in [6.07, 6.45) is 3.79. The highest BCUT2D eigenvalue weighted by Gasteiger charge is 2.34. The molecule has 1 aliphatic rings. The summed E-state index contributed by atoms with van der Waals surface area (Å²) in [5.41, 5.74) is 1.03. The Morgan fingerprint density at radius 3 is 2.52 bits per heavy atom. The second kappa shape index (κ2) is 8.08. The molecule has 1 saturated heterocycles. The first-order valence-electron chi connectivity index (χ1n) is 9.24. The molecule has 0 N–H and O–H groups in total. The van der Waals surface area contributed by atoms with Crippen LogP contribution in [0.4, 0.5) is 4.39 Å². The van der Waals surface area contributed by atoms with Gasteiger partial charge in [0.2, 0.25) is 0 Å². The molecule has 2 heterocycles. The van der Waals surface area contributed by atoms with E-state index in [0.29, 0.717) is 19.6 Å². The van der Waals surface area contributed by atoms with Crippen LogP contribution in [0.2, 0.25) is 0 Å². The second-order valence-electron chi connectivity index (χ2n) is 7.50. The monoisotopic (exact) mass is 394 g/mol. The van der Waals surface area contributed by atoms with Crippen molar-refractivity contribution in [3.63, 3.8) is 0 Å². The normalized spacial score (nSPS) is 20.1. The highest BCUT2D eigenvalue weighted by Crippen LogP contribution is 2.24. The number of aromatic nitrogens is 2. The Morgan fingerprint density at radius 1 is 1.22 bits per heavy atom. The van der Waals surface area contributed by atoms with Crippen LogP contribution in [0, 0.1) is 11.7 Å². The minimum Gasteiger partial charge on any atom is -0.339 e. The molecule has 0 bridgehead atoms. The van der Waals surface area contributed by atoms with Gasteiger partial charge in [-0.2, -0.15) is 4.31 Å². The summed E-state index contributed by atoms with van der Waals surface area (Å²) in [4.78, 5) is 6.35. The molecule has 3 rings (SSSR count). The Hall–Kier alpha value is -1.77. The molecular weight excluding hydrogens is 367 g/mol. The van der Waals surface area contributed by atoms with Gasteiger partial charge in [0.05, 0.1) is 6.33 Å². The van der Waals surface area contributed by atoms with Gasteiger partial charge in [-0.3, -0.25) is 4.90 Å². The molecule has 0 aliphatic carbocycles. The van der Waals surface area contributed by atoms with Crippen LogP contribution in [-0.2, 0) is 23.6 Å². The highest BCUT2D eigenvalue weighted by atomic mass is 32.2. The van der Waals surface area contributed by atoms with Crippen LogP contribution in [-0.4, -0.2) is 52.9 Å². The van der Waals surface area contributed by atoms with Gasteiger partial charge < -0.3 is 4.57 Å². The van der Waals surface area contributed by atoms with Crippen LogP contribution >= 0.6 is 0 Å². The number of halogens is 1. The summed E-state index contributed by atoms with van der Waals surface area (Å²) in [5, 5.41) is 0.0968. The molecule has 1 aliphatic heterocycles. The van der Waals surface area contributed by atoms with Crippen molar-refractivity contribution in [3.8, 4) is 0 Å². The number of sulfonamides is 1. The molecule has 2 aromatic rings. The molecule has 1 fully saturated rings. The van der Waals surface area contributed by atoms with E-state index in [1.807, 2.05) is 0 Å². The van der Waals surface area contributed by atoms with E-state index in [1.54, 1.807) is 34.2 Å². The van der Waals surface area contributed by atoms with Crippen molar-refractivity contribution in [3.05, 3.63) is 48.2 Å². The van der Waals surface area contributed by atoms with Gasteiger partial charge in [-0.15, -0.1) is 0 Å². The van der Waals surface area contributed by atoms with Crippen molar-refractivity contribution in [2.24, 2.45) is 13.0 Å². The Labute approximate surface area is 160 Å². The number of rotatable bonds is 5. The van der Waals surface area contributed by atoms with E-state index >= 15 is 0 Å². The van der Waals surface area contributed by atoms with E-state index in [4.69, 9.17) is 0 Å². The molecule has 0 unspecified atom stereocenters. The Balaban J connectivity index is 1.81. The van der Waals surface area contributed by atoms with E-state index in [9.17, 15) is 12.8 Å². The Kier molecular flexibility index (Phi) is 5.98. The first-order chi connectivity index (χ1) is 12.8. The lowest BCUT2D eigenvalue weighted by Crippen LogP contribution is -2.45. The SMILES string of the molecule is CC(C)[C@@H]1CN(S(=O)(=O)c2cn(C)cn2)CCCN1Cc1ccc(F)cc1. The van der Waals surface area contributed by atoms with Crippen LogP contribution < -0.4 is 0 Å². The lowest BCUT2D eigenvalue weighted by atomic mass is 10.0. The molecule has 1 aromatic heterocycles. The number of hydrogen-bond acceptors (Lipinski definition) is 4. The topological polar surface area (TPSA) is 58.4 Å². The maximum Gasteiger partial charge on any atom is 0.262 e. The average Bonchev–Trinajstić information content (AvgIpc) is 2.94. The first kappa shape index (κ1) is 20.0. The molecule has 0 radical (unpaired) electrons. The van der Waals surface area contributed by atoms with Crippen molar-refractivity contribution in [1.29, 1.82) is 0 Å². The molecule has 6 nitrogen and oxygen atoms in total. The summed E-state index contributed by atoms with van der Waals surface area (Å²) in [5.74, 6) is 0.0348. The minimum atomic E-state index is -3.61. The van der Waals surface area contributed by atoms with Crippen molar-refractivity contribution >= 4 is 10.0 Å². The lowest BCUT2D eigenvalue weighted by molar-refractivity contribution is 0.149. The fraction of sp³-hybridized carbons (Fsp3) is 0.526. The zero-order valence-corrected chi connectivity index (χ0v) is 16.9. The zero-order valence-electron chi connectivity index (χ0n) is 16.0. The van der Waals surface area contributed by atoms with Crippen molar-refractivity contribution in [1.82, 2.24) is 18.8 Å². The molecule has 148 valence electrons. The van der Waals surface area contributed by atoms with Gasteiger partial charge in [-0.1, -0.05) is 26.0 Å². The van der Waals surface area contributed by atoms with Gasteiger partial charge in [0.25, 0.3) is 10.0 Å². The molecular formula is C19H27FN4O2S. The van der Waals surface area contributed by atoms with Crippen molar-refractivity contribution in [2.45, 2.75) is 37.9 Å². The third-order valence-corrected chi connectivity index (χ3v) is 6.82. The number of hydrogen-bond donors (Lipinski definition) is 0. The zero-order chi connectivity index (χ0) is 19.6. The van der Waals surface area contributed by atoms with Crippen LogP contribution in [0.5, 0.6) is 0 Å². The second-order valence-corrected chi connectivity index (χ2v) is 9.39. The smallest absolute Gasteiger partial charge is 0.262 e. The summed E-state index contributed by atoms with van der Waals surface area (Å²) in [6, 6.07) is 6.60. The third kappa shape index (κ3) is 4.56. The molecule has 27 heavy (non-hydrogen) atoms.